The normalized spacial score (nSPS) is 12.2. The SMILES string of the molecule is COc1ccc(Cl)cc1-c1nc(SC(C)c2ccccc2Cl)n[nH]1. The lowest BCUT2D eigenvalue weighted by Gasteiger charge is -2.10. The van der Waals surface area contributed by atoms with Gasteiger partial charge >= 0.3 is 0 Å². The van der Waals surface area contributed by atoms with Gasteiger partial charge in [0, 0.05) is 15.3 Å². The molecule has 4 nitrogen and oxygen atoms in total. The number of benzene rings is 2. The van der Waals surface area contributed by atoms with Crippen LogP contribution in [-0.4, -0.2) is 22.3 Å². The highest BCUT2D eigenvalue weighted by Crippen LogP contribution is 2.37. The van der Waals surface area contributed by atoms with Crippen LogP contribution in [-0.2, 0) is 0 Å². The highest BCUT2D eigenvalue weighted by molar-refractivity contribution is 7.99. The average Bonchev–Trinajstić information content (AvgIpc) is 3.03. The number of nitrogens with zero attached hydrogens (tertiary/aromatic N) is 2. The van der Waals surface area contributed by atoms with Crippen LogP contribution in [0.3, 0.4) is 0 Å². The third-order valence-electron chi connectivity index (χ3n) is 3.51. The maximum absolute atomic E-state index is 6.25. The molecule has 0 spiro atoms. The molecule has 0 aliphatic heterocycles. The zero-order valence-corrected chi connectivity index (χ0v) is 15.4. The second-order valence-corrected chi connectivity index (χ2v) is 7.24. The quantitative estimate of drug-likeness (QED) is 0.582. The van der Waals surface area contributed by atoms with Crippen LogP contribution in [0.5, 0.6) is 5.75 Å². The predicted molar refractivity (Wildman–Crippen MR) is 99.1 cm³/mol. The molecule has 24 heavy (non-hydrogen) atoms. The van der Waals surface area contributed by atoms with Crippen LogP contribution in [0, 0.1) is 0 Å². The van der Waals surface area contributed by atoms with Crippen molar-refractivity contribution in [3.8, 4) is 17.1 Å². The highest BCUT2D eigenvalue weighted by atomic mass is 35.5. The number of H-pyrrole nitrogens is 1. The number of thioether (sulfide) groups is 1. The van der Waals surface area contributed by atoms with Gasteiger partial charge in [0.25, 0.3) is 0 Å². The van der Waals surface area contributed by atoms with E-state index in [2.05, 4.69) is 22.1 Å². The summed E-state index contributed by atoms with van der Waals surface area (Å²) >= 11 is 13.9. The molecular formula is C17H15Cl2N3OS. The largest absolute Gasteiger partial charge is 0.496 e. The Balaban J connectivity index is 1.84. The highest BCUT2D eigenvalue weighted by Gasteiger charge is 2.16. The number of nitrogens with one attached hydrogen (secondary N) is 1. The number of hydrogen-bond donors (Lipinski definition) is 1. The van der Waals surface area contributed by atoms with Crippen LogP contribution in [0.25, 0.3) is 11.4 Å². The van der Waals surface area contributed by atoms with Crippen LogP contribution >= 0.6 is 35.0 Å². The fourth-order valence-corrected chi connectivity index (χ4v) is 3.74. The fraction of sp³-hybridized carbons (Fsp3) is 0.176. The maximum Gasteiger partial charge on any atom is 0.209 e. The fourth-order valence-electron chi connectivity index (χ4n) is 2.31. The summed E-state index contributed by atoms with van der Waals surface area (Å²) in [6.45, 7) is 2.07. The van der Waals surface area contributed by atoms with Gasteiger partial charge in [0.2, 0.25) is 5.16 Å². The molecule has 1 N–H and O–H groups in total. The predicted octanol–water partition coefficient (Wildman–Crippen LogP) is 5.64. The van der Waals surface area contributed by atoms with Crippen molar-refractivity contribution in [3.63, 3.8) is 0 Å². The van der Waals surface area contributed by atoms with E-state index in [1.165, 1.54) is 11.8 Å². The Kier molecular flexibility index (Phi) is 5.33. The molecule has 0 bridgehead atoms. The summed E-state index contributed by atoms with van der Waals surface area (Å²) < 4.78 is 5.36. The Morgan fingerprint density at radius 1 is 1.17 bits per heavy atom. The summed E-state index contributed by atoms with van der Waals surface area (Å²) in [5, 5.41) is 9.34. The zero-order chi connectivity index (χ0) is 17.1. The third-order valence-corrected chi connectivity index (χ3v) is 5.09. The van der Waals surface area contributed by atoms with E-state index in [1.807, 2.05) is 24.3 Å². The number of rotatable bonds is 5. The van der Waals surface area contributed by atoms with Crippen LogP contribution in [0.2, 0.25) is 10.0 Å². The summed E-state index contributed by atoms with van der Waals surface area (Å²) in [4.78, 5) is 4.54. The minimum Gasteiger partial charge on any atom is -0.496 e. The summed E-state index contributed by atoms with van der Waals surface area (Å²) in [6, 6.07) is 13.2. The molecular weight excluding hydrogens is 365 g/mol. The standard InChI is InChI=1S/C17H15Cl2N3OS/c1-10(12-5-3-4-6-14(12)19)24-17-20-16(21-22-17)13-9-11(18)7-8-15(13)23-2/h3-10H,1-2H3,(H,20,21,22). The van der Waals surface area contributed by atoms with Crippen molar-refractivity contribution in [1.29, 1.82) is 0 Å². The van der Waals surface area contributed by atoms with Crippen molar-refractivity contribution in [3.05, 3.63) is 58.1 Å². The molecule has 3 rings (SSSR count). The molecule has 1 heterocycles. The molecule has 1 unspecified atom stereocenters. The molecule has 0 radical (unpaired) electrons. The van der Waals surface area contributed by atoms with Gasteiger partial charge in [-0.25, -0.2) is 4.98 Å². The molecule has 1 aromatic heterocycles. The van der Waals surface area contributed by atoms with E-state index in [4.69, 9.17) is 27.9 Å². The van der Waals surface area contributed by atoms with Gasteiger partial charge in [0.1, 0.15) is 5.75 Å². The Morgan fingerprint density at radius 3 is 2.71 bits per heavy atom. The molecule has 2 aromatic carbocycles. The molecule has 7 heteroatoms. The van der Waals surface area contributed by atoms with Gasteiger partial charge in [-0.1, -0.05) is 53.2 Å². The van der Waals surface area contributed by atoms with Crippen LogP contribution in [0.1, 0.15) is 17.7 Å². The van der Waals surface area contributed by atoms with Gasteiger partial charge in [-0.15, -0.1) is 5.10 Å². The van der Waals surface area contributed by atoms with Gasteiger partial charge in [0.15, 0.2) is 5.82 Å². The number of halogens is 2. The first-order valence-corrected chi connectivity index (χ1v) is 8.89. The first-order valence-electron chi connectivity index (χ1n) is 7.26. The van der Waals surface area contributed by atoms with E-state index in [0.717, 1.165) is 16.1 Å². The first kappa shape index (κ1) is 17.1. The Labute approximate surface area is 154 Å². The van der Waals surface area contributed by atoms with Crippen molar-refractivity contribution < 1.29 is 4.74 Å². The summed E-state index contributed by atoms with van der Waals surface area (Å²) in [5.41, 5.74) is 1.82. The molecule has 0 aliphatic rings. The van der Waals surface area contributed by atoms with Crippen LogP contribution in [0.15, 0.2) is 47.6 Å². The first-order chi connectivity index (χ1) is 11.6. The van der Waals surface area contributed by atoms with E-state index in [9.17, 15) is 0 Å². The van der Waals surface area contributed by atoms with Gasteiger partial charge in [-0.3, -0.25) is 5.10 Å². The lowest BCUT2D eigenvalue weighted by atomic mass is 10.2. The van der Waals surface area contributed by atoms with Gasteiger partial charge < -0.3 is 4.74 Å². The molecule has 124 valence electrons. The van der Waals surface area contributed by atoms with Crippen molar-refractivity contribution in [2.24, 2.45) is 0 Å². The number of hydrogen-bond acceptors (Lipinski definition) is 4. The summed E-state index contributed by atoms with van der Waals surface area (Å²) in [7, 11) is 1.61. The second kappa shape index (κ2) is 7.47. The molecule has 0 aliphatic carbocycles. The molecule has 0 amide bonds. The van der Waals surface area contributed by atoms with Gasteiger partial charge in [-0.2, -0.15) is 0 Å². The van der Waals surface area contributed by atoms with Crippen LogP contribution < -0.4 is 4.74 Å². The van der Waals surface area contributed by atoms with E-state index in [0.29, 0.717) is 21.8 Å². The Morgan fingerprint density at radius 2 is 1.96 bits per heavy atom. The van der Waals surface area contributed by atoms with E-state index in [1.54, 1.807) is 25.3 Å². The molecule has 3 aromatic rings. The molecule has 1 atom stereocenters. The Bertz CT molecular complexity index is 853. The summed E-state index contributed by atoms with van der Waals surface area (Å²) in [5.74, 6) is 1.30. The molecule has 0 saturated heterocycles. The molecule has 0 fully saturated rings. The van der Waals surface area contributed by atoms with Crippen molar-refractivity contribution in [1.82, 2.24) is 15.2 Å². The maximum atomic E-state index is 6.25. The van der Waals surface area contributed by atoms with E-state index >= 15 is 0 Å². The smallest absolute Gasteiger partial charge is 0.209 e. The Hall–Kier alpha value is -1.69. The number of ether oxygens (including phenoxy) is 1. The van der Waals surface area contributed by atoms with E-state index in [-0.39, 0.29) is 5.25 Å². The topological polar surface area (TPSA) is 50.8 Å². The van der Waals surface area contributed by atoms with Gasteiger partial charge in [-0.05, 0) is 36.8 Å². The third kappa shape index (κ3) is 3.69. The lowest BCUT2D eigenvalue weighted by Crippen LogP contribution is -1.91. The lowest BCUT2D eigenvalue weighted by molar-refractivity contribution is 0.416. The minimum atomic E-state index is 0.128. The van der Waals surface area contributed by atoms with Gasteiger partial charge in [0.05, 0.1) is 12.7 Å². The zero-order valence-electron chi connectivity index (χ0n) is 13.1. The van der Waals surface area contributed by atoms with Crippen LogP contribution in [0.4, 0.5) is 0 Å². The number of aromatic amines is 1. The number of aromatic nitrogens is 3. The average molecular weight is 380 g/mol. The molecule has 0 saturated carbocycles. The van der Waals surface area contributed by atoms with Crippen molar-refractivity contribution in [2.45, 2.75) is 17.3 Å². The monoisotopic (exact) mass is 379 g/mol. The minimum absolute atomic E-state index is 0.128. The van der Waals surface area contributed by atoms with Crippen molar-refractivity contribution >= 4 is 35.0 Å². The van der Waals surface area contributed by atoms with E-state index < -0.39 is 0 Å². The second-order valence-electron chi connectivity index (χ2n) is 5.09. The number of methoxy groups -OCH3 is 1. The van der Waals surface area contributed by atoms with Crippen molar-refractivity contribution in [2.75, 3.05) is 7.11 Å². The summed E-state index contributed by atoms with van der Waals surface area (Å²) in [6.07, 6.45) is 0.